The van der Waals surface area contributed by atoms with Gasteiger partial charge in [0.15, 0.2) is 9.84 Å². The molecule has 18 heavy (non-hydrogen) atoms. The van der Waals surface area contributed by atoms with Crippen molar-refractivity contribution < 1.29 is 12.9 Å². The Balaban J connectivity index is 1.89. The van der Waals surface area contributed by atoms with Gasteiger partial charge in [-0.1, -0.05) is 5.16 Å². The van der Waals surface area contributed by atoms with Crippen molar-refractivity contribution >= 4 is 21.2 Å². The van der Waals surface area contributed by atoms with Crippen LogP contribution in [0.2, 0.25) is 0 Å². The van der Waals surface area contributed by atoms with E-state index in [1.165, 1.54) is 17.6 Å². The van der Waals surface area contributed by atoms with Crippen molar-refractivity contribution in [2.24, 2.45) is 0 Å². The van der Waals surface area contributed by atoms with Crippen molar-refractivity contribution in [2.75, 3.05) is 0 Å². The van der Waals surface area contributed by atoms with E-state index in [4.69, 9.17) is 4.52 Å². The van der Waals surface area contributed by atoms with Gasteiger partial charge in [-0.05, 0) is 31.9 Å². The molecular weight excluding hydrogens is 270 g/mol. The molecule has 96 valence electrons. The minimum Gasteiger partial charge on any atom is -0.364 e. The lowest BCUT2D eigenvalue weighted by molar-refractivity contribution is 0.411. The van der Waals surface area contributed by atoms with Crippen LogP contribution in [0.5, 0.6) is 0 Å². The molecule has 1 fully saturated rings. The summed E-state index contributed by atoms with van der Waals surface area (Å²) in [4.78, 5) is 1.00. The number of hydrogen-bond acceptors (Lipinski definition) is 5. The summed E-state index contributed by atoms with van der Waals surface area (Å²) in [5.41, 5.74) is 1.54. The molecule has 0 aromatic carbocycles. The summed E-state index contributed by atoms with van der Waals surface area (Å²) in [6.07, 6.45) is 3.63. The number of nitrogens with zero attached hydrogens (tertiary/aromatic N) is 1. The van der Waals surface area contributed by atoms with E-state index < -0.39 is 9.84 Å². The Morgan fingerprint density at radius 2 is 2.22 bits per heavy atom. The van der Waals surface area contributed by atoms with Crippen LogP contribution in [0.15, 0.2) is 27.1 Å². The van der Waals surface area contributed by atoms with Crippen LogP contribution in [-0.4, -0.2) is 13.6 Å². The van der Waals surface area contributed by atoms with Gasteiger partial charge >= 0.3 is 0 Å². The number of aryl methyl sites for hydroxylation is 1. The van der Waals surface area contributed by atoms with Gasteiger partial charge in [-0.15, -0.1) is 11.3 Å². The van der Waals surface area contributed by atoms with Crippen LogP contribution in [0.3, 0.4) is 0 Å². The van der Waals surface area contributed by atoms with Crippen LogP contribution in [0, 0.1) is 6.92 Å². The van der Waals surface area contributed by atoms with E-state index in [2.05, 4.69) is 5.16 Å². The summed E-state index contributed by atoms with van der Waals surface area (Å²) in [7, 11) is -3.27. The maximum absolute atomic E-state index is 12.2. The molecule has 0 saturated heterocycles. The third kappa shape index (κ3) is 2.22. The van der Waals surface area contributed by atoms with Crippen LogP contribution < -0.4 is 0 Å². The second kappa shape index (κ2) is 4.20. The van der Waals surface area contributed by atoms with Gasteiger partial charge in [-0.2, -0.15) is 0 Å². The zero-order chi connectivity index (χ0) is 12.8. The zero-order valence-corrected chi connectivity index (χ0v) is 11.6. The summed E-state index contributed by atoms with van der Waals surface area (Å²) >= 11 is 1.31. The van der Waals surface area contributed by atoms with Gasteiger partial charge in [0.2, 0.25) is 0 Å². The van der Waals surface area contributed by atoms with Gasteiger partial charge in [0.05, 0.1) is 11.4 Å². The van der Waals surface area contributed by atoms with E-state index in [0.717, 1.165) is 23.4 Å². The molecule has 3 rings (SSSR count). The highest BCUT2D eigenvalue weighted by Gasteiger charge is 2.31. The van der Waals surface area contributed by atoms with Crippen LogP contribution in [-0.2, 0) is 15.6 Å². The normalized spacial score (nSPS) is 16.1. The molecule has 2 aromatic heterocycles. The Morgan fingerprint density at radius 1 is 1.44 bits per heavy atom. The average Bonchev–Trinajstić information content (AvgIpc) is 2.88. The van der Waals surface area contributed by atoms with Crippen molar-refractivity contribution in [3.05, 3.63) is 34.5 Å². The summed E-state index contributed by atoms with van der Waals surface area (Å²) < 4.78 is 29.8. The highest BCUT2D eigenvalue weighted by Crippen LogP contribution is 2.41. The van der Waals surface area contributed by atoms with E-state index in [1.807, 2.05) is 13.0 Å². The van der Waals surface area contributed by atoms with Crippen LogP contribution in [0.4, 0.5) is 0 Å². The lowest BCUT2D eigenvalue weighted by atomic mass is 10.2. The second-order valence-corrected chi connectivity index (χ2v) is 8.13. The van der Waals surface area contributed by atoms with E-state index >= 15 is 0 Å². The highest BCUT2D eigenvalue weighted by molar-refractivity contribution is 7.92. The maximum Gasteiger partial charge on any atom is 0.192 e. The number of hydrogen-bond donors (Lipinski definition) is 0. The first-order chi connectivity index (χ1) is 8.56. The van der Waals surface area contributed by atoms with Gasteiger partial charge in [0.25, 0.3) is 0 Å². The molecule has 0 spiro atoms. The molecule has 0 bridgehead atoms. The minimum atomic E-state index is -3.27. The summed E-state index contributed by atoms with van der Waals surface area (Å²) in [6, 6.07) is 3.49. The Morgan fingerprint density at radius 3 is 2.83 bits per heavy atom. The molecule has 4 nitrogen and oxygen atoms in total. The molecule has 1 aliphatic carbocycles. The maximum atomic E-state index is 12.2. The van der Waals surface area contributed by atoms with Gasteiger partial charge in [0.1, 0.15) is 10.5 Å². The van der Waals surface area contributed by atoms with Crippen molar-refractivity contribution in [1.82, 2.24) is 5.16 Å². The SMILES string of the molecule is Cc1ccc(S(=O)(=O)Cc2conc2C2CC2)s1. The number of thiophene rings is 1. The summed E-state index contributed by atoms with van der Waals surface area (Å²) in [5.74, 6) is 0.390. The van der Waals surface area contributed by atoms with E-state index in [0.29, 0.717) is 15.7 Å². The molecule has 0 unspecified atom stereocenters. The van der Waals surface area contributed by atoms with Crippen molar-refractivity contribution in [3.63, 3.8) is 0 Å². The molecule has 0 radical (unpaired) electrons. The van der Waals surface area contributed by atoms with Crippen molar-refractivity contribution in [1.29, 1.82) is 0 Å². The molecule has 1 saturated carbocycles. The van der Waals surface area contributed by atoms with E-state index in [9.17, 15) is 8.42 Å². The first-order valence-electron chi connectivity index (χ1n) is 5.78. The van der Waals surface area contributed by atoms with Crippen LogP contribution >= 0.6 is 11.3 Å². The average molecular weight is 283 g/mol. The van der Waals surface area contributed by atoms with Crippen molar-refractivity contribution in [3.8, 4) is 0 Å². The largest absolute Gasteiger partial charge is 0.364 e. The Labute approximate surface area is 110 Å². The number of aromatic nitrogens is 1. The number of sulfone groups is 1. The minimum absolute atomic E-state index is 0.0116. The molecule has 2 aromatic rings. The molecule has 0 amide bonds. The molecule has 0 atom stereocenters. The van der Waals surface area contributed by atoms with E-state index in [-0.39, 0.29) is 5.75 Å². The van der Waals surface area contributed by atoms with Gasteiger partial charge in [-0.3, -0.25) is 0 Å². The van der Waals surface area contributed by atoms with Crippen molar-refractivity contribution in [2.45, 2.75) is 35.6 Å². The Bertz CT molecular complexity index is 665. The smallest absolute Gasteiger partial charge is 0.192 e. The van der Waals surface area contributed by atoms with Gasteiger partial charge in [-0.25, -0.2) is 8.42 Å². The monoisotopic (exact) mass is 283 g/mol. The predicted octanol–water partition coefficient (Wildman–Crippen LogP) is 2.90. The first-order valence-corrected chi connectivity index (χ1v) is 8.25. The standard InChI is InChI=1S/C12H13NO3S2/c1-8-2-5-11(17-8)18(14,15)7-10-6-16-13-12(10)9-3-4-9/h2,5-6,9H,3-4,7H2,1H3. The zero-order valence-electron chi connectivity index (χ0n) is 9.92. The fraction of sp³-hybridized carbons (Fsp3) is 0.417. The molecule has 0 aliphatic heterocycles. The first kappa shape index (κ1) is 11.9. The lowest BCUT2D eigenvalue weighted by Crippen LogP contribution is -2.04. The molecule has 1 aliphatic rings. The third-order valence-electron chi connectivity index (χ3n) is 3.01. The molecule has 0 N–H and O–H groups in total. The quantitative estimate of drug-likeness (QED) is 0.865. The van der Waals surface area contributed by atoms with Crippen LogP contribution in [0.25, 0.3) is 0 Å². The third-order valence-corrected chi connectivity index (χ3v) is 6.25. The van der Waals surface area contributed by atoms with E-state index in [1.54, 1.807) is 6.07 Å². The van der Waals surface area contributed by atoms with Crippen LogP contribution in [0.1, 0.15) is 34.9 Å². The fourth-order valence-corrected chi connectivity index (χ4v) is 4.63. The molecule has 6 heteroatoms. The predicted molar refractivity (Wildman–Crippen MR) is 68.4 cm³/mol. The topological polar surface area (TPSA) is 60.2 Å². The number of rotatable bonds is 4. The molecule has 2 heterocycles. The van der Waals surface area contributed by atoms with Gasteiger partial charge < -0.3 is 4.52 Å². The lowest BCUT2D eigenvalue weighted by Gasteiger charge is -2.00. The fourth-order valence-electron chi connectivity index (χ4n) is 1.92. The second-order valence-electron chi connectivity index (χ2n) is 4.62. The Kier molecular flexibility index (Phi) is 2.79. The molecular formula is C12H13NO3S2. The summed E-state index contributed by atoms with van der Waals surface area (Å²) in [6.45, 7) is 1.90. The summed E-state index contributed by atoms with van der Waals surface area (Å²) in [5, 5.41) is 3.93. The van der Waals surface area contributed by atoms with Gasteiger partial charge in [0, 0.05) is 16.4 Å². The highest BCUT2D eigenvalue weighted by atomic mass is 32.2. The Hall–Kier alpha value is -1.14.